The van der Waals surface area contributed by atoms with Crippen LogP contribution in [0.1, 0.15) is 38.2 Å². The molecule has 2 amide bonds. The number of amides is 2. The van der Waals surface area contributed by atoms with Gasteiger partial charge in [0.05, 0.1) is 6.54 Å². The lowest BCUT2D eigenvalue weighted by Gasteiger charge is -2.31. The molecule has 1 aliphatic heterocycles. The van der Waals surface area contributed by atoms with E-state index in [0.717, 1.165) is 12.0 Å². The fourth-order valence-corrected chi connectivity index (χ4v) is 3.18. The molecule has 0 aromatic carbocycles. The van der Waals surface area contributed by atoms with Crippen molar-refractivity contribution < 1.29 is 9.59 Å². The van der Waals surface area contributed by atoms with E-state index in [-0.39, 0.29) is 17.7 Å². The van der Waals surface area contributed by atoms with Crippen molar-refractivity contribution in [2.24, 2.45) is 5.92 Å². The van der Waals surface area contributed by atoms with Crippen LogP contribution in [-0.4, -0.2) is 44.6 Å². The number of aromatic nitrogens is 3. The number of nitrogens with one attached hydrogen (secondary N) is 1. The number of piperidine rings is 1. The Labute approximate surface area is 153 Å². The Balaban J connectivity index is 1.49. The maximum atomic E-state index is 12.5. The first-order valence-corrected chi connectivity index (χ1v) is 9.16. The van der Waals surface area contributed by atoms with Gasteiger partial charge < -0.3 is 10.2 Å². The van der Waals surface area contributed by atoms with E-state index in [1.54, 1.807) is 23.1 Å². The van der Waals surface area contributed by atoms with E-state index < -0.39 is 0 Å². The Bertz CT molecular complexity index is 735. The molecule has 3 rings (SSSR count). The number of carbonyl (C=O) groups is 2. The molecule has 1 N–H and O–H groups in total. The summed E-state index contributed by atoms with van der Waals surface area (Å²) < 4.78 is 1.79. The van der Waals surface area contributed by atoms with Gasteiger partial charge in [0.2, 0.25) is 11.8 Å². The summed E-state index contributed by atoms with van der Waals surface area (Å²) in [6, 6.07) is 5.68. The number of likely N-dealkylation sites (tertiary alicyclic amines) is 1. The second-order valence-electron chi connectivity index (χ2n) is 6.65. The highest BCUT2D eigenvalue weighted by Crippen LogP contribution is 2.20. The maximum absolute atomic E-state index is 12.5. The van der Waals surface area contributed by atoms with Crippen LogP contribution in [0.2, 0.25) is 0 Å². The van der Waals surface area contributed by atoms with Crippen molar-refractivity contribution in [1.29, 1.82) is 0 Å². The van der Waals surface area contributed by atoms with Crippen LogP contribution in [-0.2, 0) is 16.1 Å². The van der Waals surface area contributed by atoms with Crippen LogP contribution in [0.4, 0.5) is 5.82 Å². The summed E-state index contributed by atoms with van der Waals surface area (Å²) in [4.78, 5) is 30.3. The average molecular weight is 355 g/mol. The van der Waals surface area contributed by atoms with Crippen molar-refractivity contribution in [2.75, 3.05) is 18.4 Å². The summed E-state index contributed by atoms with van der Waals surface area (Å²) in [6.07, 6.45) is 8.21. The summed E-state index contributed by atoms with van der Waals surface area (Å²) in [7, 11) is 0. The van der Waals surface area contributed by atoms with E-state index in [1.807, 2.05) is 30.2 Å². The van der Waals surface area contributed by atoms with Gasteiger partial charge in [-0.3, -0.25) is 19.3 Å². The lowest BCUT2D eigenvalue weighted by molar-refractivity contribution is -0.134. The van der Waals surface area contributed by atoms with Crippen molar-refractivity contribution in [3.8, 4) is 0 Å². The van der Waals surface area contributed by atoms with Gasteiger partial charge in [0.25, 0.3) is 0 Å². The summed E-state index contributed by atoms with van der Waals surface area (Å²) in [5, 5.41) is 7.31. The third-order valence-electron chi connectivity index (χ3n) is 4.67. The lowest BCUT2D eigenvalue weighted by atomic mass is 9.95. The summed E-state index contributed by atoms with van der Waals surface area (Å²) in [6.45, 7) is 3.96. The van der Waals surface area contributed by atoms with Crippen LogP contribution in [0.15, 0.2) is 36.8 Å². The molecule has 1 saturated heterocycles. The molecule has 0 unspecified atom stereocenters. The highest BCUT2D eigenvalue weighted by atomic mass is 16.2. The number of carbonyl (C=O) groups excluding carboxylic acids is 2. The summed E-state index contributed by atoms with van der Waals surface area (Å²) >= 11 is 0. The van der Waals surface area contributed by atoms with Gasteiger partial charge in [-0.1, -0.05) is 6.92 Å². The minimum Gasteiger partial charge on any atom is -0.343 e. The minimum atomic E-state index is -0.0639. The highest BCUT2D eigenvalue weighted by molar-refractivity contribution is 5.91. The molecule has 0 bridgehead atoms. The first-order chi connectivity index (χ1) is 12.7. The number of rotatable bonds is 6. The van der Waals surface area contributed by atoms with Gasteiger partial charge in [-0.25, -0.2) is 0 Å². The molecule has 0 atom stereocenters. The predicted octanol–water partition coefficient (Wildman–Crippen LogP) is 2.30. The Kier molecular flexibility index (Phi) is 5.99. The Morgan fingerprint density at radius 2 is 1.92 bits per heavy atom. The van der Waals surface area contributed by atoms with Crippen LogP contribution < -0.4 is 5.32 Å². The monoisotopic (exact) mass is 355 g/mol. The Morgan fingerprint density at radius 1 is 1.19 bits per heavy atom. The molecule has 0 aliphatic carbocycles. The number of hydrogen-bond acceptors (Lipinski definition) is 4. The number of anilines is 1. The van der Waals surface area contributed by atoms with Crippen molar-refractivity contribution in [3.63, 3.8) is 0 Å². The molecule has 2 aromatic rings. The van der Waals surface area contributed by atoms with E-state index >= 15 is 0 Å². The molecule has 2 aromatic heterocycles. The van der Waals surface area contributed by atoms with Crippen LogP contribution in [0, 0.1) is 5.92 Å². The third kappa shape index (κ3) is 4.68. The molecule has 0 spiro atoms. The minimum absolute atomic E-state index is 0.0123. The quantitative estimate of drug-likeness (QED) is 0.862. The van der Waals surface area contributed by atoms with Crippen LogP contribution >= 0.6 is 0 Å². The van der Waals surface area contributed by atoms with Gasteiger partial charge in [-0.05, 0) is 37.0 Å². The van der Waals surface area contributed by atoms with Crippen LogP contribution in [0.25, 0.3) is 0 Å². The molecule has 1 aliphatic rings. The van der Waals surface area contributed by atoms with E-state index in [9.17, 15) is 9.59 Å². The standard InChI is InChI=1S/C19H25N5O2/c1-2-3-18(25)23-11-6-16(7-12-23)19(26)21-17-8-13-24(22-17)14-15-4-9-20-10-5-15/h4-5,8-10,13,16H,2-3,6-7,11-12,14H2,1H3,(H,21,22,26). The fourth-order valence-electron chi connectivity index (χ4n) is 3.18. The van der Waals surface area contributed by atoms with Gasteiger partial charge in [0.15, 0.2) is 5.82 Å². The second kappa shape index (κ2) is 8.60. The Hall–Kier alpha value is -2.70. The fraction of sp³-hybridized carbons (Fsp3) is 0.474. The average Bonchev–Trinajstić information content (AvgIpc) is 3.09. The summed E-state index contributed by atoms with van der Waals surface area (Å²) in [5.41, 5.74) is 1.10. The molecular weight excluding hydrogens is 330 g/mol. The first-order valence-electron chi connectivity index (χ1n) is 9.16. The predicted molar refractivity (Wildman–Crippen MR) is 98.4 cm³/mol. The maximum Gasteiger partial charge on any atom is 0.228 e. The van der Waals surface area contributed by atoms with Crippen LogP contribution in [0.5, 0.6) is 0 Å². The highest BCUT2D eigenvalue weighted by Gasteiger charge is 2.27. The van der Waals surface area contributed by atoms with E-state index in [1.165, 1.54) is 0 Å². The van der Waals surface area contributed by atoms with Gasteiger partial charge in [0.1, 0.15) is 0 Å². The molecule has 1 fully saturated rings. The zero-order valence-electron chi connectivity index (χ0n) is 15.1. The molecular formula is C19H25N5O2. The second-order valence-corrected chi connectivity index (χ2v) is 6.65. The van der Waals surface area contributed by atoms with E-state index in [2.05, 4.69) is 15.4 Å². The molecule has 3 heterocycles. The van der Waals surface area contributed by atoms with Crippen LogP contribution in [0.3, 0.4) is 0 Å². The molecule has 26 heavy (non-hydrogen) atoms. The topological polar surface area (TPSA) is 80.1 Å². The smallest absolute Gasteiger partial charge is 0.228 e. The lowest BCUT2D eigenvalue weighted by Crippen LogP contribution is -2.41. The first kappa shape index (κ1) is 18.1. The van der Waals surface area contributed by atoms with Crippen molar-refractivity contribution in [3.05, 3.63) is 42.4 Å². The number of pyridine rings is 1. The van der Waals surface area contributed by atoms with Gasteiger partial charge in [-0.2, -0.15) is 5.10 Å². The van der Waals surface area contributed by atoms with E-state index in [0.29, 0.717) is 44.7 Å². The van der Waals surface area contributed by atoms with Gasteiger partial charge in [0, 0.05) is 50.1 Å². The SMILES string of the molecule is CCCC(=O)N1CCC(C(=O)Nc2ccn(Cc3ccncc3)n2)CC1. The normalized spacial score (nSPS) is 15.0. The third-order valence-corrected chi connectivity index (χ3v) is 4.67. The van der Waals surface area contributed by atoms with E-state index in [4.69, 9.17) is 0 Å². The van der Waals surface area contributed by atoms with Crippen molar-refractivity contribution in [1.82, 2.24) is 19.7 Å². The largest absolute Gasteiger partial charge is 0.343 e. The molecule has 138 valence electrons. The van der Waals surface area contributed by atoms with Crippen molar-refractivity contribution in [2.45, 2.75) is 39.2 Å². The number of hydrogen-bond donors (Lipinski definition) is 1. The molecule has 0 radical (unpaired) electrons. The summed E-state index contributed by atoms with van der Waals surface area (Å²) in [5.74, 6) is 0.683. The van der Waals surface area contributed by atoms with Gasteiger partial charge >= 0.3 is 0 Å². The number of nitrogens with zero attached hydrogens (tertiary/aromatic N) is 4. The Morgan fingerprint density at radius 3 is 2.62 bits per heavy atom. The molecule has 7 nitrogen and oxygen atoms in total. The zero-order chi connectivity index (χ0) is 18.4. The molecule has 7 heteroatoms. The molecule has 0 saturated carbocycles. The van der Waals surface area contributed by atoms with Crippen molar-refractivity contribution >= 4 is 17.6 Å². The zero-order valence-corrected chi connectivity index (χ0v) is 15.1. The van der Waals surface area contributed by atoms with Gasteiger partial charge in [-0.15, -0.1) is 0 Å².